The molecule has 2 aromatic carbocycles. The Hall–Kier alpha value is -2.55. The molecule has 0 fully saturated rings. The van der Waals surface area contributed by atoms with Crippen molar-refractivity contribution in [1.82, 2.24) is 4.98 Å². The van der Waals surface area contributed by atoms with E-state index in [-0.39, 0.29) is 0 Å². The topological polar surface area (TPSA) is 42.1 Å². The van der Waals surface area contributed by atoms with Gasteiger partial charge in [0, 0.05) is 36.3 Å². The maximum Gasteiger partial charge on any atom is 0.0632 e. The smallest absolute Gasteiger partial charge is 0.0632 e. The van der Waals surface area contributed by atoms with Crippen molar-refractivity contribution in [3.05, 3.63) is 66.0 Å². The highest BCUT2D eigenvalue weighted by atomic mass is 15.2. The number of hydrogen-bond acceptors (Lipinski definition) is 3. The molecule has 98 valence electrons. The zero-order valence-corrected chi connectivity index (χ0v) is 11.1. The molecule has 1 aromatic heterocycles. The van der Waals surface area contributed by atoms with E-state index >= 15 is 0 Å². The molecule has 3 nitrogen and oxygen atoms in total. The van der Waals surface area contributed by atoms with Gasteiger partial charge in [-0.05, 0) is 23.3 Å². The Balaban J connectivity index is 1.79. The van der Waals surface area contributed by atoms with Gasteiger partial charge in [0.25, 0.3) is 0 Å². The normalized spacial score (nSPS) is 13.7. The Bertz CT molecular complexity index is 770. The highest BCUT2D eigenvalue weighted by Crippen LogP contribution is 2.35. The Kier molecular flexibility index (Phi) is 2.39. The fourth-order valence-electron chi connectivity index (χ4n) is 2.96. The van der Waals surface area contributed by atoms with Crippen molar-refractivity contribution >= 4 is 22.1 Å². The van der Waals surface area contributed by atoms with Crippen molar-refractivity contribution in [2.75, 3.05) is 10.6 Å². The van der Waals surface area contributed by atoms with Crippen LogP contribution in [0.3, 0.4) is 0 Å². The molecule has 0 atom stereocenters. The number of nitrogens with two attached hydrogens (primary N) is 1. The third-order valence-electron chi connectivity index (χ3n) is 4.02. The lowest BCUT2D eigenvalue weighted by atomic mass is 10.1. The minimum absolute atomic E-state index is 0.845. The molecule has 0 unspecified atom stereocenters. The molecule has 4 rings (SSSR count). The van der Waals surface area contributed by atoms with Gasteiger partial charge in [0.1, 0.15) is 0 Å². The first kappa shape index (κ1) is 11.3. The van der Waals surface area contributed by atoms with E-state index < -0.39 is 0 Å². The second-order valence-corrected chi connectivity index (χ2v) is 5.22. The van der Waals surface area contributed by atoms with E-state index in [0.29, 0.717) is 0 Å². The van der Waals surface area contributed by atoms with E-state index in [0.717, 1.165) is 35.2 Å². The molecule has 0 amide bonds. The van der Waals surface area contributed by atoms with Crippen molar-refractivity contribution < 1.29 is 0 Å². The van der Waals surface area contributed by atoms with Gasteiger partial charge in [-0.25, -0.2) is 0 Å². The van der Waals surface area contributed by atoms with Gasteiger partial charge in [0.15, 0.2) is 0 Å². The highest BCUT2D eigenvalue weighted by Gasteiger charge is 2.20. The summed E-state index contributed by atoms with van der Waals surface area (Å²) in [4.78, 5) is 6.48. The lowest BCUT2D eigenvalue weighted by Gasteiger charge is -2.21. The molecule has 0 saturated heterocycles. The molecule has 0 radical (unpaired) electrons. The highest BCUT2D eigenvalue weighted by molar-refractivity contribution is 5.98. The summed E-state index contributed by atoms with van der Waals surface area (Å²) in [5, 5.41) is 2.17. The second-order valence-electron chi connectivity index (χ2n) is 5.22. The molecule has 1 aliphatic rings. The molecule has 0 bridgehead atoms. The van der Waals surface area contributed by atoms with Gasteiger partial charge in [-0.15, -0.1) is 0 Å². The molecule has 2 heterocycles. The summed E-state index contributed by atoms with van der Waals surface area (Å²) in [6.45, 7) is 1.86. The van der Waals surface area contributed by atoms with E-state index in [9.17, 15) is 0 Å². The third-order valence-corrected chi connectivity index (χ3v) is 4.02. The largest absolute Gasteiger partial charge is 0.397 e. The number of hydrogen-bond donors (Lipinski definition) is 1. The Morgan fingerprint density at radius 2 is 1.70 bits per heavy atom. The number of benzene rings is 2. The zero-order chi connectivity index (χ0) is 13.5. The predicted molar refractivity (Wildman–Crippen MR) is 82.5 cm³/mol. The number of fused-ring (bicyclic) bond motifs is 2. The van der Waals surface area contributed by atoms with Crippen LogP contribution in [-0.2, 0) is 13.1 Å². The van der Waals surface area contributed by atoms with Crippen LogP contribution in [0.5, 0.6) is 0 Å². The SMILES string of the molecule is Nc1c(N2Cc3ccccc3C2)ccc2cnccc12. The fourth-order valence-corrected chi connectivity index (χ4v) is 2.96. The van der Waals surface area contributed by atoms with Crippen LogP contribution in [0.2, 0.25) is 0 Å². The Morgan fingerprint density at radius 3 is 2.45 bits per heavy atom. The first-order valence-electron chi connectivity index (χ1n) is 6.77. The number of nitrogen functional groups attached to an aromatic ring is 1. The molecular formula is C17H15N3. The van der Waals surface area contributed by atoms with E-state index in [4.69, 9.17) is 5.73 Å². The Labute approximate surface area is 117 Å². The first-order valence-corrected chi connectivity index (χ1v) is 6.77. The standard InChI is InChI=1S/C17H15N3/c18-17-15-7-8-19-9-12(15)5-6-16(17)20-10-13-3-1-2-4-14(13)11-20/h1-9H,10-11,18H2. The maximum absolute atomic E-state index is 6.36. The minimum Gasteiger partial charge on any atom is -0.397 e. The quantitative estimate of drug-likeness (QED) is 0.683. The van der Waals surface area contributed by atoms with Crippen LogP contribution in [0.4, 0.5) is 11.4 Å². The average molecular weight is 261 g/mol. The summed E-state index contributed by atoms with van der Waals surface area (Å²) in [6, 6.07) is 14.8. The van der Waals surface area contributed by atoms with E-state index in [1.165, 1.54) is 11.1 Å². The molecule has 3 aromatic rings. The van der Waals surface area contributed by atoms with E-state index in [1.807, 2.05) is 12.3 Å². The molecule has 1 aliphatic heterocycles. The summed E-state index contributed by atoms with van der Waals surface area (Å²) < 4.78 is 0. The number of aromatic nitrogens is 1. The second kappa shape index (κ2) is 4.23. The molecule has 3 heteroatoms. The molecular weight excluding hydrogens is 246 g/mol. The molecule has 0 aliphatic carbocycles. The number of pyridine rings is 1. The minimum atomic E-state index is 0.845. The van der Waals surface area contributed by atoms with Crippen LogP contribution < -0.4 is 10.6 Å². The lowest BCUT2D eigenvalue weighted by Crippen LogP contribution is -2.16. The maximum atomic E-state index is 6.36. The van der Waals surface area contributed by atoms with Crippen molar-refractivity contribution in [2.45, 2.75) is 13.1 Å². The number of rotatable bonds is 1. The number of anilines is 2. The third kappa shape index (κ3) is 1.63. The van der Waals surface area contributed by atoms with Crippen molar-refractivity contribution in [3.63, 3.8) is 0 Å². The van der Waals surface area contributed by atoms with Gasteiger partial charge < -0.3 is 10.6 Å². The van der Waals surface area contributed by atoms with Crippen molar-refractivity contribution in [1.29, 1.82) is 0 Å². The van der Waals surface area contributed by atoms with Crippen LogP contribution in [-0.4, -0.2) is 4.98 Å². The van der Waals surface area contributed by atoms with Crippen LogP contribution in [0.1, 0.15) is 11.1 Å². The van der Waals surface area contributed by atoms with Crippen LogP contribution in [0.15, 0.2) is 54.9 Å². The van der Waals surface area contributed by atoms with Gasteiger partial charge in [0.2, 0.25) is 0 Å². The molecule has 0 saturated carbocycles. The fraction of sp³-hybridized carbons (Fsp3) is 0.118. The van der Waals surface area contributed by atoms with Crippen LogP contribution >= 0.6 is 0 Å². The average Bonchev–Trinajstić information content (AvgIpc) is 2.91. The van der Waals surface area contributed by atoms with E-state index in [1.54, 1.807) is 6.20 Å². The monoisotopic (exact) mass is 261 g/mol. The summed E-state index contributed by atoms with van der Waals surface area (Å²) in [5.74, 6) is 0. The van der Waals surface area contributed by atoms with Gasteiger partial charge in [0.05, 0.1) is 11.4 Å². The Morgan fingerprint density at radius 1 is 0.950 bits per heavy atom. The molecule has 0 spiro atoms. The van der Waals surface area contributed by atoms with Crippen molar-refractivity contribution in [2.24, 2.45) is 0 Å². The van der Waals surface area contributed by atoms with Gasteiger partial charge in [-0.2, -0.15) is 0 Å². The molecule has 20 heavy (non-hydrogen) atoms. The van der Waals surface area contributed by atoms with Crippen molar-refractivity contribution in [3.8, 4) is 0 Å². The predicted octanol–water partition coefficient (Wildman–Crippen LogP) is 3.34. The lowest BCUT2D eigenvalue weighted by molar-refractivity contribution is 0.883. The number of nitrogens with zero attached hydrogens (tertiary/aromatic N) is 2. The van der Waals surface area contributed by atoms with Crippen LogP contribution in [0.25, 0.3) is 10.8 Å². The van der Waals surface area contributed by atoms with Gasteiger partial charge >= 0.3 is 0 Å². The summed E-state index contributed by atoms with van der Waals surface area (Å²) >= 11 is 0. The summed E-state index contributed by atoms with van der Waals surface area (Å²) in [5.41, 5.74) is 11.1. The molecule has 2 N–H and O–H groups in total. The summed E-state index contributed by atoms with van der Waals surface area (Å²) in [7, 11) is 0. The zero-order valence-electron chi connectivity index (χ0n) is 11.1. The van der Waals surface area contributed by atoms with E-state index in [2.05, 4.69) is 46.3 Å². The van der Waals surface area contributed by atoms with Gasteiger partial charge in [-0.3, -0.25) is 4.98 Å². The summed E-state index contributed by atoms with van der Waals surface area (Å²) in [6.07, 6.45) is 3.65. The first-order chi connectivity index (χ1) is 9.83. The van der Waals surface area contributed by atoms with Gasteiger partial charge in [-0.1, -0.05) is 30.3 Å². The van der Waals surface area contributed by atoms with Crippen LogP contribution in [0, 0.1) is 0 Å².